The molecule has 1 saturated heterocycles. The second kappa shape index (κ2) is 9.36. The van der Waals surface area contributed by atoms with Crippen molar-refractivity contribution in [3.05, 3.63) is 47.0 Å². The Labute approximate surface area is 192 Å². The van der Waals surface area contributed by atoms with E-state index < -0.39 is 5.92 Å². The summed E-state index contributed by atoms with van der Waals surface area (Å²) in [4.78, 5) is 20.2. The van der Waals surface area contributed by atoms with Crippen LogP contribution in [0.25, 0.3) is 10.2 Å². The van der Waals surface area contributed by atoms with Gasteiger partial charge in [-0.05, 0) is 30.4 Å². The summed E-state index contributed by atoms with van der Waals surface area (Å²) in [5, 5.41) is 11.7. The first-order valence-corrected chi connectivity index (χ1v) is 11.8. The van der Waals surface area contributed by atoms with E-state index in [0.29, 0.717) is 28.9 Å². The number of aromatic nitrogens is 1. The highest BCUT2D eigenvalue weighted by Gasteiger charge is 2.32. The number of benzene rings is 2. The number of piperidine rings is 1. The topological polar surface area (TPSA) is 71.9 Å². The molecule has 3 aromatic rings. The van der Waals surface area contributed by atoms with Crippen LogP contribution in [-0.2, 0) is 4.79 Å². The number of likely N-dealkylation sites (tertiary alicyclic amines) is 1. The molecule has 0 saturated carbocycles. The molecule has 0 bridgehead atoms. The number of ether oxygens (including phenoxy) is 2. The molecule has 6 nitrogen and oxygen atoms in total. The van der Waals surface area contributed by atoms with Crippen molar-refractivity contribution in [2.24, 2.45) is 11.8 Å². The largest absolute Gasteiger partial charge is 0.507 e. The predicted molar refractivity (Wildman–Crippen MR) is 127 cm³/mol. The number of phenolic OH excluding ortho intramolecular Hbond substituents is 1. The van der Waals surface area contributed by atoms with Gasteiger partial charge in [-0.25, -0.2) is 4.98 Å². The van der Waals surface area contributed by atoms with Crippen molar-refractivity contribution in [3.63, 3.8) is 0 Å². The zero-order valence-electron chi connectivity index (χ0n) is 19.0. The molecule has 0 radical (unpaired) electrons. The van der Waals surface area contributed by atoms with Crippen molar-refractivity contribution >= 4 is 27.5 Å². The molecule has 0 spiro atoms. The van der Waals surface area contributed by atoms with Gasteiger partial charge in [0.05, 0.1) is 30.4 Å². The van der Waals surface area contributed by atoms with E-state index in [1.165, 1.54) is 0 Å². The average molecular weight is 455 g/mol. The molecular weight excluding hydrogens is 424 g/mol. The fourth-order valence-electron chi connectivity index (χ4n) is 4.75. The van der Waals surface area contributed by atoms with Crippen molar-refractivity contribution in [3.8, 4) is 17.2 Å². The average Bonchev–Trinajstić information content (AvgIpc) is 3.20. The standard InChI is InChI=1S/C25H30N2O4S/c1-15-9-16(2)14-27(13-15)23(29)12-18(25-26-19-7-5-6-8-22(19)32-25)24-20(28)10-17(30-3)11-21(24)31-4/h5-8,10-11,15-16,18,28H,9,12-14H2,1-4H3/t15-,16+,18?. The lowest BCUT2D eigenvalue weighted by atomic mass is 9.89. The second-order valence-corrected chi connectivity index (χ2v) is 9.85. The van der Waals surface area contributed by atoms with Gasteiger partial charge in [-0.1, -0.05) is 26.0 Å². The molecule has 2 heterocycles. The predicted octanol–water partition coefficient (Wildman–Crippen LogP) is 5.05. The van der Waals surface area contributed by atoms with Gasteiger partial charge in [0.1, 0.15) is 22.3 Å². The maximum absolute atomic E-state index is 13.5. The SMILES string of the molecule is COc1cc(O)c(C(CC(=O)N2C[C@H](C)C[C@H](C)C2)c2nc3ccccc3s2)c(OC)c1. The highest BCUT2D eigenvalue weighted by molar-refractivity contribution is 7.18. The summed E-state index contributed by atoms with van der Waals surface area (Å²) in [5.74, 6) is 1.63. The zero-order chi connectivity index (χ0) is 22.8. The third-order valence-electron chi connectivity index (χ3n) is 6.11. The van der Waals surface area contributed by atoms with Crippen LogP contribution in [0.3, 0.4) is 0 Å². The Morgan fingerprint density at radius 1 is 1.19 bits per heavy atom. The monoisotopic (exact) mass is 454 g/mol. The summed E-state index contributed by atoms with van der Waals surface area (Å²) in [6.07, 6.45) is 1.35. The lowest BCUT2D eigenvalue weighted by molar-refractivity contribution is -0.134. The van der Waals surface area contributed by atoms with Gasteiger partial charge in [-0.15, -0.1) is 11.3 Å². The number of fused-ring (bicyclic) bond motifs is 1. The lowest BCUT2D eigenvalue weighted by Crippen LogP contribution is -2.43. The van der Waals surface area contributed by atoms with Crippen LogP contribution in [0.2, 0.25) is 0 Å². The summed E-state index contributed by atoms with van der Waals surface area (Å²) in [7, 11) is 3.10. The van der Waals surface area contributed by atoms with Gasteiger partial charge in [0.25, 0.3) is 0 Å². The number of aromatic hydroxyl groups is 1. The van der Waals surface area contributed by atoms with Crippen LogP contribution in [0, 0.1) is 11.8 Å². The first-order chi connectivity index (χ1) is 15.4. The normalized spacial score (nSPS) is 19.7. The van der Waals surface area contributed by atoms with E-state index in [1.54, 1.807) is 37.7 Å². The number of nitrogens with zero attached hydrogens (tertiary/aromatic N) is 2. The number of hydrogen-bond acceptors (Lipinski definition) is 6. The molecule has 7 heteroatoms. The van der Waals surface area contributed by atoms with E-state index in [9.17, 15) is 9.90 Å². The molecule has 4 rings (SSSR count). The maximum atomic E-state index is 13.5. The van der Waals surface area contributed by atoms with Gasteiger partial charge in [0.15, 0.2) is 0 Å². The number of methoxy groups -OCH3 is 2. The van der Waals surface area contributed by atoms with E-state index in [0.717, 1.165) is 34.7 Å². The fourth-order valence-corrected chi connectivity index (χ4v) is 5.82. The van der Waals surface area contributed by atoms with Crippen LogP contribution in [0.5, 0.6) is 17.2 Å². The number of phenols is 1. The van der Waals surface area contributed by atoms with E-state index in [1.807, 2.05) is 29.2 Å². The first-order valence-electron chi connectivity index (χ1n) is 11.0. The molecular formula is C25H30N2O4S. The Morgan fingerprint density at radius 2 is 1.91 bits per heavy atom. The van der Waals surface area contributed by atoms with Gasteiger partial charge in [0, 0.05) is 37.2 Å². The summed E-state index contributed by atoms with van der Waals surface area (Å²) >= 11 is 1.55. The quantitative estimate of drug-likeness (QED) is 0.565. The van der Waals surface area contributed by atoms with Gasteiger partial charge in [-0.2, -0.15) is 0 Å². The third-order valence-corrected chi connectivity index (χ3v) is 7.26. The van der Waals surface area contributed by atoms with E-state index >= 15 is 0 Å². The highest BCUT2D eigenvalue weighted by atomic mass is 32.1. The summed E-state index contributed by atoms with van der Waals surface area (Å²) in [5.41, 5.74) is 1.45. The number of hydrogen-bond donors (Lipinski definition) is 1. The van der Waals surface area contributed by atoms with Crippen LogP contribution < -0.4 is 9.47 Å². The molecule has 32 heavy (non-hydrogen) atoms. The van der Waals surface area contributed by atoms with Crippen molar-refractivity contribution in [2.75, 3.05) is 27.3 Å². The molecule has 170 valence electrons. The fraction of sp³-hybridized carbons (Fsp3) is 0.440. The van der Waals surface area contributed by atoms with Crippen molar-refractivity contribution in [2.45, 2.75) is 32.6 Å². The van der Waals surface area contributed by atoms with Gasteiger partial charge in [-0.3, -0.25) is 4.79 Å². The molecule has 1 unspecified atom stereocenters. The van der Waals surface area contributed by atoms with Crippen LogP contribution in [-0.4, -0.2) is 48.2 Å². The van der Waals surface area contributed by atoms with Gasteiger partial charge >= 0.3 is 0 Å². The molecule has 2 aromatic carbocycles. The van der Waals surface area contributed by atoms with E-state index in [-0.39, 0.29) is 18.1 Å². The summed E-state index contributed by atoms with van der Waals surface area (Å²) in [6.45, 7) is 5.92. The minimum Gasteiger partial charge on any atom is -0.507 e. The molecule has 1 fully saturated rings. The number of amides is 1. The Kier molecular flexibility index (Phi) is 6.55. The maximum Gasteiger partial charge on any atom is 0.223 e. The summed E-state index contributed by atoms with van der Waals surface area (Å²) in [6, 6.07) is 11.2. The Bertz CT molecular complexity index is 1070. The molecule has 1 amide bonds. The van der Waals surface area contributed by atoms with Gasteiger partial charge in [0.2, 0.25) is 5.91 Å². The minimum absolute atomic E-state index is 0.0404. The molecule has 1 aromatic heterocycles. The van der Waals surface area contributed by atoms with Crippen LogP contribution in [0.1, 0.15) is 43.2 Å². The smallest absolute Gasteiger partial charge is 0.223 e. The Hall–Kier alpha value is -2.80. The van der Waals surface area contributed by atoms with E-state index in [2.05, 4.69) is 13.8 Å². The third kappa shape index (κ3) is 4.53. The number of carbonyl (C=O) groups excluding carboxylic acids is 1. The number of para-hydroxylation sites is 1. The van der Waals surface area contributed by atoms with Crippen molar-refractivity contribution in [1.82, 2.24) is 9.88 Å². The lowest BCUT2D eigenvalue weighted by Gasteiger charge is -2.35. The minimum atomic E-state index is -0.423. The molecule has 3 atom stereocenters. The number of thiazole rings is 1. The molecule has 1 N–H and O–H groups in total. The van der Waals surface area contributed by atoms with E-state index in [4.69, 9.17) is 14.5 Å². The number of carbonyl (C=O) groups is 1. The molecule has 1 aliphatic heterocycles. The first kappa shape index (κ1) is 22.4. The van der Waals surface area contributed by atoms with Crippen LogP contribution in [0.4, 0.5) is 0 Å². The van der Waals surface area contributed by atoms with Crippen molar-refractivity contribution < 1.29 is 19.4 Å². The highest BCUT2D eigenvalue weighted by Crippen LogP contribution is 2.45. The Morgan fingerprint density at radius 3 is 2.56 bits per heavy atom. The number of rotatable bonds is 6. The Balaban J connectivity index is 1.76. The molecule has 0 aliphatic carbocycles. The molecule has 1 aliphatic rings. The van der Waals surface area contributed by atoms with Crippen molar-refractivity contribution in [1.29, 1.82) is 0 Å². The zero-order valence-corrected chi connectivity index (χ0v) is 19.8. The van der Waals surface area contributed by atoms with Crippen LogP contribution in [0.15, 0.2) is 36.4 Å². The second-order valence-electron chi connectivity index (χ2n) is 8.78. The van der Waals surface area contributed by atoms with Gasteiger partial charge < -0.3 is 19.5 Å². The van der Waals surface area contributed by atoms with Crippen LogP contribution >= 0.6 is 11.3 Å². The summed E-state index contributed by atoms with van der Waals surface area (Å²) < 4.78 is 12.0.